The van der Waals surface area contributed by atoms with E-state index < -0.39 is 0 Å². The number of benzene rings is 6. The van der Waals surface area contributed by atoms with Crippen molar-refractivity contribution in [2.24, 2.45) is 0 Å². The molecule has 0 saturated carbocycles. The summed E-state index contributed by atoms with van der Waals surface area (Å²) >= 11 is 0. The van der Waals surface area contributed by atoms with Crippen LogP contribution in [0.2, 0.25) is 0 Å². The highest BCUT2D eigenvalue weighted by atomic mass is 15.1. The van der Waals surface area contributed by atoms with Gasteiger partial charge in [0.1, 0.15) is 0 Å². The van der Waals surface area contributed by atoms with Crippen LogP contribution in [-0.2, 0) is 10.8 Å². The number of fused-ring (bicyclic) bond motifs is 6. The van der Waals surface area contributed by atoms with E-state index in [0.29, 0.717) is 0 Å². The van der Waals surface area contributed by atoms with E-state index in [1.165, 1.54) is 88.6 Å². The van der Waals surface area contributed by atoms with Gasteiger partial charge in [-0.25, -0.2) is 0 Å². The number of allylic oxidation sites excluding steroid dienone is 4. The number of nitrogens with zero attached hydrogens (tertiary/aromatic N) is 1. The maximum absolute atomic E-state index is 2.51. The Balaban J connectivity index is 1.31. The zero-order valence-corrected chi connectivity index (χ0v) is 28.3. The summed E-state index contributed by atoms with van der Waals surface area (Å²) in [5.41, 5.74) is 17.8. The van der Waals surface area contributed by atoms with Crippen LogP contribution in [0.3, 0.4) is 0 Å². The lowest BCUT2D eigenvalue weighted by Gasteiger charge is -2.40. The average Bonchev–Trinajstić information content (AvgIpc) is 3.31. The zero-order valence-electron chi connectivity index (χ0n) is 28.3. The summed E-state index contributed by atoms with van der Waals surface area (Å²) in [4.78, 5) is 2.39. The predicted molar refractivity (Wildman–Crippen MR) is 202 cm³/mol. The van der Waals surface area contributed by atoms with E-state index in [0.717, 1.165) is 12.8 Å². The summed E-state index contributed by atoms with van der Waals surface area (Å²) in [6.07, 6.45) is 6.99. The first-order chi connectivity index (χ1) is 22.7. The van der Waals surface area contributed by atoms with Gasteiger partial charge in [0.05, 0.1) is 0 Å². The number of rotatable bonds is 2. The average molecular weight is 608 g/mol. The van der Waals surface area contributed by atoms with E-state index in [1.54, 1.807) is 5.57 Å². The van der Waals surface area contributed by atoms with Crippen molar-refractivity contribution >= 4 is 38.5 Å². The van der Waals surface area contributed by atoms with Crippen molar-refractivity contribution in [1.29, 1.82) is 0 Å². The van der Waals surface area contributed by atoms with Gasteiger partial charge in [-0.05, 0) is 115 Å². The van der Waals surface area contributed by atoms with Gasteiger partial charge >= 0.3 is 0 Å². The smallest absolute Gasteiger partial charge is 0.0455 e. The minimum atomic E-state index is -0.0758. The molecular weight excluding hydrogens is 567 g/mol. The van der Waals surface area contributed by atoms with E-state index in [9.17, 15) is 0 Å². The molecule has 3 aliphatic rings. The van der Waals surface area contributed by atoms with Crippen molar-refractivity contribution in [1.82, 2.24) is 0 Å². The molecule has 1 nitrogen and oxygen atoms in total. The lowest BCUT2D eigenvalue weighted by molar-refractivity contribution is 0.629. The first kappa shape index (κ1) is 28.4. The van der Waals surface area contributed by atoms with E-state index in [1.807, 2.05) is 0 Å². The SMILES string of the molecule is Cc1ccc2c(-c3ccc4c(c3)N(C)c3ccccc3C4(C)C)c3ccccc3c(-c3ccc4c(c3)C3=C(C=CCC3)C4(C)C)c2c1. The number of hydrogen-bond acceptors (Lipinski definition) is 1. The van der Waals surface area contributed by atoms with Crippen LogP contribution < -0.4 is 4.90 Å². The molecule has 1 heteroatoms. The lowest BCUT2D eigenvalue weighted by Crippen LogP contribution is -2.30. The summed E-state index contributed by atoms with van der Waals surface area (Å²) in [5, 5.41) is 5.25. The highest BCUT2D eigenvalue weighted by Gasteiger charge is 2.38. The van der Waals surface area contributed by atoms with Crippen LogP contribution in [0.5, 0.6) is 0 Å². The minimum Gasteiger partial charge on any atom is -0.344 e. The third-order valence-electron chi connectivity index (χ3n) is 11.6. The van der Waals surface area contributed by atoms with Gasteiger partial charge in [-0.1, -0.05) is 130 Å². The molecule has 0 aromatic heterocycles. The van der Waals surface area contributed by atoms with Crippen molar-refractivity contribution in [2.45, 2.75) is 58.3 Å². The van der Waals surface area contributed by atoms with E-state index >= 15 is 0 Å². The molecule has 9 rings (SSSR count). The van der Waals surface area contributed by atoms with Gasteiger partial charge < -0.3 is 4.90 Å². The molecule has 6 aromatic rings. The van der Waals surface area contributed by atoms with E-state index in [-0.39, 0.29) is 10.8 Å². The molecule has 0 atom stereocenters. The molecule has 0 radical (unpaired) electrons. The zero-order chi connectivity index (χ0) is 32.2. The second-order valence-electron chi connectivity index (χ2n) is 15.0. The second kappa shape index (κ2) is 9.81. The van der Waals surface area contributed by atoms with Gasteiger partial charge in [-0.15, -0.1) is 0 Å². The molecule has 47 heavy (non-hydrogen) atoms. The highest BCUT2D eigenvalue weighted by molar-refractivity contribution is 6.21. The number of aryl methyl sites for hydroxylation is 1. The highest BCUT2D eigenvalue weighted by Crippen LogP contribution is 2.53. The van der Waals surface area contributed by atoms with Crippen molar-refractivity contribution < 1.29 is 0 Å². The van der Waals surface area contributed by atoms with Crippen molar-refractivity contribution in [3.63, 3.8) is 0 Å². The molecule has 1 heterocycles. The van der Waals surface area contributed by atoms with Crippen LogP contribution in [0, 0.1) is 6.92 Å². The van der Waals surface area contributed by atoms with Crippen LogP contribution >= 0.6 is 0 Å². The molecule has 0 fully saturated rings. The number of anilines is 2. The summed E-state index contributed by atoms with van der Waals surface area (Å²) in [5.74, 6) is 0. The Morgan fingerprint density at radius 2 is 1.21 bits per heavy atom. The largest absolute Gasteiger partial charge is 0.344 e. The van der Waals surface area contributed by atoms with Gasteiger partial charge in [-0.3, -0.25) is 0 Å². The lowest BCUT2D eigenvalue weighted by atomic mass is 9.73. The van der Waals surface area contributed by atoms with Crippen LogP contribution in [-0.4, -0.2) is 7.05 Å². The Kier molecular flexibility index (Phi) is 5.92. The predicted octanol–water partition coefficient (Wildman–Crippen LogP) is 12.4. The standard InChI is InChI=1S/C46H41N/c1-28-19-22-34-36(25-28)44(29-20-23-38-35(26-29)31-13-9-10-16-37(31)45(38,2)3)33-15-8-7-14-32(33)43(34)30-21-24-40-42(27-30)47(6)41-18-12-11-17-39(41)46(40,4)5/h7-8,10-12,14-27H,9,13H2,1-6H3. The quantitative estimate of drug-likeness (QED) is 0.177. The minimum absolute atomic E-state index is 0.0411. The maximum Gasteiger partial charge on any atom is 0.0455 e. The maximum atomic E-state index is 2.51. The molecule has 0 N–H and O–H groups in total. The molecule has 230 valence electrons. The molecule has 0 bridgehead atoms. The fourth-order valence-electron chi connectivity index (χ4n) is 9.15. The Labute approximate surface area is 278 Å². The molecule has 0 unspecified atom stereocenters. The molecule has 1 aliphatic heterocycles. The molecule has 0 saturated heterocycles. The first-order valence-corrected chi connectivity index (χ1v) is 17.1. The Morgan fingerprint density at radius 3 is 2.00 bits per heavy atom. The molecular formula is C46H41N. The van der Waals surface area contributed by atoms with E-state index in [2.05, 4.69) is 162 Å². The molecule has 6 aromatic carbocycles. The van der Waals surface area contributed by atoms with Gasteiger partial charge in [0, 0.05) is 29.3 Å². The fraction of sp³-hybridized carbons (Fsp3) is 0.217. The normalized spacial score (nSPS) is 17.1. The summed E-state index contributed by atoms with van der Waals surface area (Å²) in [6.45, 7) is 11.7. The fourth-order valence-corrected chi connectivity index (χ4v) is 9.15. The summed E-state index contributed by atoms with van der Waals surface area (Å²) in [6, 6.07) is 39.5. The topological polar surface area (TPSA) is 3.24 Å². The van der Waals surface area contributed by atoms with E-state index in [4.69, 9.17) is 0 Å². The van der Waals surface area contributed by atoms with Gasteiger partial charge in [-0.2, -0.15) is 0 Å². The first-order valence-electron chi connectivity index (χ1n) is 17.1. The van der Waals surface area contributed by atoms with Crippen LogP contribution in [0.1, 0.15) is 68.4 Å². The summed E-state index contributed by atoms with van der Waals surface area (Å²) < 4.78 is 0. The number of para-hydroxylation sites is 1. The van der Waals surface area contributed by atoms with Crippen LogP contribution in [0.4, 0.5) is 11.4 Å². The Bertz CT molecular complexity index is 2380. The van der Waals surface area contributed by atoms with Crippen molar-refractivity contribution in [3.8, 4) is 22.3 Å². The molecule has 0 spiro atoms. The number of hydrogen-bond donors (Lipinski definition) is 0. The third-order valence-corrected chi connectivity index (χ3v) is 11.6. The molecule has 0 amide bonds. The Morgan fingerprint density at radius 1 is 0.574 bits per heavy atom. The third kappa shape index (κ3) is 3.89. The van der Waals surface area contributed by atoms with Crippen molar-refractivity contribution in [3.05, 3.63) is 149 Å². The van der Waals surface area contributed by atoms with Crippen LogP contribution in [0.15, 0.2) is 121 Å². The van der Waals surface area contributed by atoms with Crippen molar-refractivity contribution in [2.75, 3.05) is 11.9 Å². The monoisotopic (exact) mass is 607 g/mol. The Hall–Kier alpha value is -4.88. The second-order valence-corrected chi connectivity index (χ2v) is 15.0. The summed E-state index contributed by atoms with van der Waals surface area (Å²) in [7, 11) is 2.22. The van der Waals surface area contributed by atoms with Gasteiger partial charge in [0.15, 0.2) is 0 Å². The van der Waals surface area contributed by atoms with Crippen LogP contribution in [0.25, 0.3) is 49.4 Å². The van der Waals surface area contributed by atoms with Gasteiger partial charge in [0.2, 0.25) is 0 Å². The van der Waals surface area contributed by atoms with Gasteiger partial charge in [0.25, 0.3) is 0 Å². The molecule has 2 aliphatic carbocycles.